The molecule has 0 fully saturated rings. The van der Waals surface area contributed by atoms with Gasteiger partial charge in [-0.2, -0.15) is 9.78 Å². The van der Waals surface area contributed by atoms with Crippen molar-refractivity contribution in [1.82, 2.24) is 14.9 Å². The summed E-state index contributed by atoms with van der Waals surface area (Å²) in [6, 6.07) is 9.65. The van der Waals surface area contributed by atoms with E-state index in [1.165, 1.54) is 11.8 Å². The first kappa shape index (κ1) is 15.5. The van der Waals surface area contributed by atoms with Gasteiger partial charge >= 0.3 is 5.97 Å². The molecule has 0 unspecified atom stereocenters. The Balaban J connectivity index is 2.03. The summed E-state index contributed by atoms with van der Waals surface area (Å²) < 4.78 is 6.85. The SMILES string of the molecule is CCOC(=O)/C(=C\c1ccccc1)C1=Nn2c(C)nnc2SC1. The maximum Gasteiger partial charge on any atom is 0.340 e. The third-order valence-corrected chi connectivity index (χ3v) is 4.17. The topological polar surface area (TPSA) is 69.4 Å². The summed E-state index contributed by atoms with van der Waals surface area (Å²) in [7, 11) is 0. The van der Waals surface area contributed by atoms with E-state index >= 15 is 0 Å². The minimum absolute atomic E-state index is 0.322. The van der Waals surface area contributed by atoms with Crippen LogP contribution in [0.15, 0.2) is 46.2 Å². The van der Waals surface area contributed by atoms with E-state index in [0.717, 1.165) is 10.7 Å². The van der Waals surface area contributed by atoms with Crippen molar-refractivity contribution in [1.29, 1.82) is 0 Å². The number of carbonyl (C=O) groups is 1. The fourth-order valence-electron chi connectivity index (χ4n) is 2.14. The molecule has 0 saturated heterocycles. The lowest BCUT2D eigenvalue weighted by Crippen LogP contribution is -2.21. The van der Waals surface area contributed by atoms with Crippen molar-refractivity contribution in [2.75, 3.05) is 12.4 Å². The number of benzene rings is 1. The summed E-state index contributed by atoms with van der Waals surface area (Å²) in [6.45, 7) is 3.94. The van der Waals surface area contributed by atoms with E-state index in [4.69, 9.17) is 4.74 Å². The molecule has 3 rings (SSSR count). The fourth-order valence-corrected chi connectivity index (χ4v) is 3.02. The third kappa shape index (κ3) is 3.34. The molecule has 2 aromatic rings. The molecule has 2 heterocycles. The Labute approximate surface area is 138 Å². The van der Waals surface area contributed by atoms with E-state index in [9.17, 15) is 4.79 Å². The Hall–Kier alpha value is -2.41. The number of carbonyl (C=O) groups excluding carboxylic acids is 1. The van der Waals surface area contributed by atoms with Gasteiger partial charge in [0.1, 0.15) is 0 Å². The zero-order valence-corrected chi connectivity index (χ0v) is 13.7. The minimum Gasteiger partial charge on any atom is -0.462 e. The highest BCUT2D eigenvalue weighted by Crippen LogP contribution is 2.24. The van der Waals surface area contributed by atoms with Crippen LogP contribution < -0.4 is 0 Å². The normalized spacial score (nSPS) is 14.2. The zero-order valence-electron chi connectivity index (χ0n) is 12.9. The van der Waals surface area contributed by atoms with Gasteiger partial charge in [0.15, 0.2) is 5.82 Å². The molecule has 0 radical (unpaired) electrons. The zero-order chi connectivity index (χ0) is 16.2. The molecule has 1 aliphatic heterocycles. The molecule has 0 aliphatic carbocycles. The smallest absolute Gasteiger partial charge is 0.340 e. The molecule has 1 aromatic heterocycles. The van der Waals surface area contributed by atoms with E-state index in [2.05, 4.69) is 15.3 Å². The Morgan fingerprint density at radius 1 is 1.35 bits per heavy atom. The first-order chi connectivity index (χ1) is 11.2. The fraction of sp³-hybridized carbons (Fsp3) is 0.250. The van der Waals surface area contributed by atoms with Crippen molar-refractivity contribution in [2.45, 2.75) is 19.0 Å². The summed E-state index contributed by atoms with van der Waals surface area (Å²) in [5.74, 6) is 0.868. The van der Waals surface area contributed by atoms with Gasteiger partial charge in [-0.25, -0.2) is 4.79 Å². The van der Waals surface area contributed by atoms with Gasteiger partial charge in [-0.05, 0) is 25.5 Å². The molecule has 0 N–H and O–H groups in total. The van der Waals surface area contributed by atoms with Crippen LogP contribution in [-0.4, -0.2) is 38.9 Å². The summed E-state index contributed by atoms with van der Waals surface area (Å²) >= 11 is 1.50. The number of aromatic nitrogens is 3. The first-order valence-corrected chi connectivity index (χ1v) is 8.24. The molecule has 1 aromatic carbocycles. The van der Waals surface area contributed by atoms with Crippen molar-refractivity contribution in [2.24, 2.45) is 5.10 Å². The van der Waals surface area contributed by atoms with Crippen LogP contribution in [0.3, 0.4) is 0 Å². The predicted molar refractivity (Wildman–Crippen MR) is 89.4 cm³/mol. The molecule has 0 spiro atoms. The summed E-state index contributed by atoms with van der Waals surface area (Å²) in [5, 5.41) is 13.3. The molecule has 1 aliphatic rings. The molecule has 6 nitrogen and oxygen atoms in total. The van der Waals surface area contributed by atoms with Gasteiger partial charge in [-0.3, -0.25) is 0 Å². The third-order valence-electron chi connectivity index (χ3n) is 3.24. The molecular weight excluding hydrogens is 312 g/mol. The second kappa shape index (κ2) is 6.78. The Morgan fingerprint density at radius 3 is 2.87 bits per heavy atom. The van der Waals surface area contributed by atoms with E-state index in [0.29, 0.717) is 29.5 Å². The maximum absolute atomic E-state index is 12.4. The largest absolute Gasteiger partial charge is 0.462 e. The monoisotopic (exact) mass is 328 g/mol. The van der Waals surface area contributed by atoms with Gasteiger partial charge < -0.3 is 4.74 Å². The van der Waals surface area contributed by atoms with Crippen LogP contribution in [0.5, 0.6) is 0 Å². The van der Waals surface area contributed by atoms with Crippen molar-refractivity contribution in [3.8, 4) is 0 Å². The van der Waals surface area contributed by atoms with Crippen molar-refractivity contribution in [3.05, 3.63) is 47.3 Å². The number of ether oxygens (including phenoxy) is 1. The van der Waals surface area contributed by atoms with Gasteiger partial charge in [-0.1, -0.05) is 42.1 Å². The number of nitrogens with zero attached hydrogens (tertiary/aromatic N) is 4. The Morgan fingerprint density at radius 2 is 2.13 bits per heavy atom. The van der Waals surface area contributed by atoms with E-state index in [1.54, 1.807) is 11.6 Å². The number of hydrogen-bond acceptors (Lipinski definition) is 6. The molecule has 0 bridgehead atoms. The van der Waals surface area contributed by atoms with Crippen LogP contribution >= 0.6 is 11.8 Å². The summed E-state index contributed by atoms with van der Waals surface area (Å²) in [6.07, 6.45) is 1.81. The maximum atomic E-state index is 12.4. The van der Waals surface area contributed by atoms with E-state index in [-0.39, 0.29) is 5.97 Å². The number of hydrogen-bond donors (Lipinski definition) is 0. The quantitative estimate of drug-likeness (QED) is 0.637. The minimum atomic E-state index is -0.370. The van der Waals surface area contributed by atoms with Gasteiger partial charge in [0, 0.05) is 5.75 Å². The second-order valence-electron chi connectivity index (χ2n) is 4.87. The highest BCUT2D eigenvalue weighted by atomic mass is 32.2. The number of esters is 1. The van der Waals surface area contributed by atoms with Crippen LogP contribution in [0.25, 0.3) is 6.08 Å². The van der Waals surface area contributed by atoms with Gasteiger partial charge in [0.25, 0.3) is 0 Å². The molecule has 0 atom stereocenters. The van der Waals surface area contributed by atoms with Crippen molar-refractivity contribution >= 4 is 29.5 Å². The van der Waals surface area contributed by atoms with Crippen molar-refractivity contribution < 1.29 is 9.53 Å². The number of rotatable bonds is 4. The standard InChI is InChI=1S/C16H16N4O2S/c1-3-22-15(21)13(9-12-7-5-4-6-8-12)14-10-23-16-18-17-11(2)20(16)19-14/h4-9H,3,10H2,1-2H3/b13-9-. The molecule has 7 heteroatoms. The van der Waals surface area contributed by atoms with Gasteiger partial charge in [0.05, 0.1) is 17.9 Å². The predicted octanol–water partition coefficient (Wildman–Crippen LogP) is 2.54. The number of thioether (sulfide) groups is 1. The van der Waals surface area contributed by atoms with Gasteiger partial charge in [-0.15, -0.1) is 10.2 Å². The highest BCUT2D eigenvalue weighted by Gasteiger charge is 2.24. The van der Waals surface area contributed by atoms with Crippen molar-refractivity contribution in [3.63, 3.8) is 0 Å². The van der Waals surface area contributed by atoms with E-state index in [1.807, 2.05) is 43.3 Å². The highest BCUT2D eigenvalue weighted by molar-refractivity contribution is 7.99. The Kier molecular flexibility index (Phi) is 4.57. The summed E-state index contributed by atoms with van der Waals surface area (Å²) in [4.78, 5) is 12.4. The van der Waals surface area contributed by atoms with Gasteiger partial charge in [0.2, 0.25) is 5.16 Å². The Bertz CT molecular complexity index is 781. The summed E-state index contributed by atoms with van der Waals surface area (Å²) in [5.41, 5.74) is 2.05. The average Bonchev–Trinajstić information content (AvgIpc) is 2.94. The van der Waals surface area contributed by atoms with Crippen LogP contribution in [-0.2, 0) is 9.53 Å². The molecule has 118 valence electrons. The average molecular weight is 328 g/mol. The van der Waals surface area contributed by atoms with Crippen LogP contribution in [0.2, 0.25) is 0 Å². The van der Waals surface area contributed by atoms with Crippen LogP contribution in [0.4, 0.5) is 0 Å². The van der Waals surface area contributed by atoms with E-state index < -0.39 is 0 Å². The van der Waals surface area contributed by atoms with Crippen LogP contribution in [0, 0.1) is 6.92 Å². The molecule has 0 amide bonds. The molecule has 0 saturated carbocycles. The molecule has 23 heavy (non-hydrogen) atoms. The second-order valence-corrected chi connectivity index (χ2v) is 5.81. The molecular formula is C16H16N4O2S. The first-order valence-electron chi connectivity index (χ1n) is 7.26. The number of aryl methyl sites for hydroxylation is 1. The lowest BCUT2D eigenvalue weighted by molar-refractivity contribution is -0.137. The number of fused-ring (bicyclic) bond motifs is 1. The lowest BCUT2D eigenvalue weighted by atomic mass is 10.1. The lowest BCUT2D eigenvalue weighted by Gasteiger charge is -2.15. The van der Waals surface area contributed by atoms with Crippen LogP contribution in [0.1, 0.15) is 18.3 Å².